The van der Waals surface area contributed by atoms with Gasteiger partial charge in [-0.05, 0) is 56.1 Å². The van der Waals surface area contributed by atoms with Crippen LogP contribution in [0, 0.1) is 11.3 Å². The van der Waals surface area contributed by atoms with Crippen molar-refractivity contribution < 1.29 is 14.3 Å². The molecule has 2 aliphatic carbocycles. The van der Waals surface area contributed by atoms with Gasteiger partial charge in [0.15, 0.2) is 0 Å². The minimum Gasteiger partial charge on any atom is -0.377 e. The van der Waals surface area contributed by atoms with E-state index in [1.165, 1.54) is 25.7 Å². The van der Waals surface area contributed by atoms with Crippen LogP contribution in [0.1, 0.15) is 57.8 Å². The van der Waals surface area contributed by atoms with E-state index in [0.717, 1.165) is 32.3 Å². The first-order chi connectivity index (χ1) is 12.6. The highest BCUT2D eigenvalue weighted by atomic mass is 16.5. The lowest BCUT2D eigenvalue weighted by molar-refractivity contribution is -0.127. The summed E-state index contributed by atoms with van der Waals surface area (Å²) in [5.74, 6) is 0.638. The van der Waals surface area contributed by atoms with Gasteiger partial charge >= 0.3 is 0 Å². The minimum absolute atomic E-state index is 0.0160. The fourth-order valence-corrected chi connectivity index (χ4v) is 4.01. The lowest BCUT2D eigenvalue weighted by atomic mass is 9.65. The predicted octanol–water partition coefficient (Wildman–Crippen LogP) is 3.50. The Kier molecular flexibility index (Phi) is 4.94. The molecule has 1 aromatic rings. The molecule has 2 saturated carbocycles. The van der Waals surface area contributed by atoms with Crippen molar-refractivity contribution in [2.24, 2.45) is 11.3 Å². The zero-order valence-electron chi connectivity index (χ0n) is 15.1. The molecule has 0 bridgehead atoms. The van der Waals surface area contributed by atoms with Crippen molar-refractivity contribution >= 4 is 23.3 Å². The van der Waals surface area contributed by atoms with Crippen molar-refractivity contribution in [2.75, 3.05) is 17.2 Å². The Bertz CT molecular complexity index is 655. The first-order valence-corrected chi connectivity index (χ1v) is 9.80. The molecule has 0 radical (unpaired) electrons. The highest BCUT2D eigenvalue weighted by Crippen LogP contribution is 2.48. The number of pyridine rings is 1. The van der Waals surface area contributed by atoms with Crippen LogP contribution in [0.15, 0.2) is 18.3 Å². The second-order valence-electron chi connectivity index (χ2n) is 8.13. The van der Waals surface area contributed by atoms with E-state index in [2.05, 4.69) is 15.6 Å². The van der Waals surface area contributed by atoms with Gasteiger partial charge in [0.25, 0.3) is 0 Å². The number of carbonyl (C=O) groups excluding carboxylic acids is 2. The first-order valence-electron chi connectivity index (χ1n) is 9.80. The maximum absolute atomic E-state index is 12.2. The summed E-state index contributed by atoms with van der Waals surface area (Å²) in [7, 11) is 0. The molecule has 0 aromatic carbocycles. The fourth-order valence-electron chi connectivity index (χ4n) is 4.01. The summed E-state index contributed by atoms with van der Waals surface area (Å²) in [6.45, 7) is 0.804. The zero-order valence-corrected chi connectivity index (χ0v) is 15.1. The molecule has 1 aliphatic heterocycles. The average molecular weight is 357 g/mol. The van der Waals surface area contributed by atoms with Crippen molar-refractivity contribution in [3.05, 3.63) is 18.3 Å². The molecule has 2 heterocycles. The van der Waals surface area contributed by atoms with Gasteiger partial charge in [0.05, 0.1) is 31.0 Å². The molecule has 6 nitrogen and oxygen atoms in total. The molecular formula is C20H27N3O3. The molecule has 3 fully saturated rings. The number of hydrogen-bond donors (Lipinski definition) is 2. The van der Waals surface area contributed by atoms with Gasteiger partial charge in [-0.15, -0.1) is 0 Å². The molecule has 6 heteroatoms. The summed E-state index contributed by atoms with van der Waals surface area (Å²) in [6.07, 6.45) is 11.1. The van der Waals surface area contributed by atoms with Gasteiger partial charge < -0.3 is 15.4 Å². The summed E-state index contributed by atoms with van der Waals surface area (Å²) in [6, 6.07) is 3.50. The molecule has 1 unspecified atom stereocenters. The molecule has 140 valence electrons. The minimum atomic E-state index is -0.0710. The summed E-state index contributed by atoms with van der Waals surface area (Å²) in [5.41, 5.74) is 1.09. The smallest absolute Gasteiger partial charge is 0.228 e. The normalized spacial score (nSPS) is 24.4. The maximum atomic E-state index is 12.2. The average Bonchev–Trinajstić information content (AvgIpc) is 2.54. The number of hydrogen-bond acceptors (Lipinski definition) is 4. The number of ether oxygens (including phenoxy) is 1. The number of nitrogens with one attached hydrogen (secondary N) is 2. The number of anilines is 2. The highest BCUT2D eigenvalue weighted by molar-refractivity contribution is 5.93. The van der Waals surface area contributed by atoms with E-state index in [-0.39, 0.29) is 23.8 Å². The highest BCUT2D eigenvalue weighted by Gasteiger charge is 2.41. The fraction of sp³-hybridized carbons (Fsp3) is 0.650. The molecule has 26 heavy (non-hydrogen) atoms. The Morgan fingerprint density at radius 2 is 1.96 bits per heavy atom. The van der Waals surface area contributed by atoms with Crippen molar-refractivity contribution in [1.29, 1.82) is 0 Å². The van der Waals surface area contributed by atoms with Gasteiger partial charge in [-0.2, -0.15) is 0 Å². The zero-order chi connectivity index (χ0) is 18.0. The van der Waals surface area contributed by atoms with E-state index in [0.29, 0.717) is 23.3 Å². The van der Waals surface area contributed by atoms with Gasteiger partial charge in [-0.1, -0.05) is 12.8 Å². The quantitative estimate of drug-likeness (QED) is 0.845. The van der Waals surface area contributed by atoms with Gasteiger partial charge in [0, 0.05) is 5.92 Å². The third-order valence-corrected chi connectivity index (χ3v) is 6.22. The Labute approximate surface area is 154 Å². The van der Waals surface area contributed by atoms with Crippen molar-refractivity contribution in [2.45, 2.75) is 63.9 Å². The number of aromatic nitrogens is 1. The Morgan fingerprint density at radius 3 is 2.50 bits per heavy atom. The Morgan fingerprint density at radius 1 is 1.12 bits per heavy atom. The van der Waals surface area contributed by atoms with E-state index < -0.39 is 0 Å². The van der Waals surface area contributed by atoms with Crippen LogP contribution in [0.3, 0.4) is 0 Å². The van der Waals surface area contributed by atoms with E-state index in [1.54, 1.807) is 18.3 Å². The van der Waals surface area contributed by atoms with Gasteiger partial charge in [-0.25, -0.2) is 4.98 Å². The lowest BCUT2D eigenvalue weighted by Crippen LogP contribution is -2.41. The molecule has 2 N–H and O–H groups in total. The standard InChI is InChI=1S/C20H27N3O3/c24-18(11-16-7-10-20(13-26-16)8-2-9-20)23-17-6-5-15(12-21-17)22-19(25)14-3-1-4-14/h5-6,12,14,16H,1-4,7-11,13H2,(H,22,25)(H,21,23,24). The molecule has 1 saturated heterocycles. The predicted molar refractivity (Wildman–Crippen MR) is 98.7 cm³/mol. The van der Waals surface area contributed by atoms with Crippen LogP contribution in [0.4, 0.5) is 11.5 Å². The van der Waals surface area contributed by atoms with Crippen LogP contribution >= 0.6 is 0 Å². The van der Waals surface area contributed by atoms with Crippen LogP contribution in [0.2, 0.25) is 0 Å². The van der Waals surface area contributed by atoms with Crippen LogP contribution in [-0.2, 0) is 14.3 Å². The largest absolute Gasteiger partial charge is 0.377 e. The van der Waals surface area contributed by atoms with Crippen molar-refractivity contribution in [1.82, 2.24) is 4.98 Å². The van der Waals surface area contributed by atoms with E-state index in [1.807, 2.05) is 0 Å². The number of amides is 2. The number of nitrogens with zero attached hydrogens (tertiary/aromatic N) is 1. The molecule has 1 atom stereocenters. The Balaban J connectivity index is 1.22. The summed E-state index contributed by atoms with van der Waals surface area (Å²) in [4.78, 5) is 28.4. The third kappa shape index (κ3) is 3.90. The third-order valence-electron chi connectivity index (χ3n) is 6.22. The van der Waals surface area contributed by atoms with Gasteiger partial charge in [0.1, 0.15) is 5.82 Å². The molecule has 3 aliphatic rings. The van der Waals surface area contributed by atoms with E-state index >= 15 is 0 Å². The van der Waals surface area contributed by atoms with E-state index in [4.69, 9.17) is 4.74 Å². The number of carbonyl (C=O) groups is 2. The van der Waals surface area contributed by atoms with Crippen molar-refractivity contribution in [3.8, 4) is 0 Å². The summed E-state index contributed by atoms with van der Waals surface area (Å²) >= 11 is 0. The van der Waals surface area contributed by atoms with Crippen LogP contribution in [0.25, 0.3) is 0 Å². The van der Waals surface area contributed by atoms with Crippen LogP contribution in [0.5, 0.6) is 0 Å². The summed E-state index contributed by atoms with van der Waals surface area (Å²) < 4.78 is 5.92. The molecular weight excluding hydrogens is 330 g/mol. The van der Waals surface area contributed by atoms with Crippen LogP contribution < -0.4 is 10.6 Å². The summed E-state index contributed by atoms with van der Waals surface area (Å²) in [5, 5.41) is 5.70. The van der Waals surface area contributed by atoms with Crippen molar-refractivity contribution in [3.63, 3.8) is 0 Å². The number of rotatable bonds is 5. The van der Waals surface area contributed by atoms with Crippen LogP contribution in [-0.4, -0.2) is 29.5 Å². The SMILES string of the molecule is O=C(CC1CCC2(CCC2)CO1)Nc1ccc(NC(=O)C2CCC2)cn1. The lowest BCUT2D eigenvalue weighted by Gasteiger charge is -2.46. The van der Waals surface area contributed by atoms with Gasteiger partial charge in [-0.3, -0.25) is 9.59 Å². The Hall–Kier alpha value is -1.95. The molecule has 2 amide bonds. The molecule has 4 rings (SSSR count). The second kappa shape index (κ2) is 7.35. The van der Waals surface area contributed by atoms with Gasteiger partial charge in [0.2, 0.25) is 11.8 Å². The topological polar surface area (TPSA) is 80.3 Å². The van der Waals surface area contributed by atoms with E-state index in [9.17, 15) is 9.59 Å². The maximum Gasteiger partial charge on any atom is 0.228 e. The molecule has 1 aromatic heterocycles. The second-order valence-corrected chi connectivity index (χ2v) is 8.13. The molecule has 1 spiro atoms. The monoisotopic (exact) mass is 357 g/mol. The first kappa shape index (κ1) is 17.5.